The molecule has 1 unspecified atom stereocenters. The lowest BCUT2D eigenvalue weighted by Gasteiger charge is -2.40. The van der Waals surface area contributed by atoms with Crippen molar-refractivity contribution < 1.29 is 29.0 Å². The van der Waals surface area contributed by atoms with Crippen LogP contribution < -0.4 is 0 Å². The molecule has 3 saturated heterocycles. The van der Waals surface area contributed by atoms with Gasteiger partial charge in [-0.3, -0.25) is 14.4 Å². The standard InChI is InChI=1S/C24H37BrN2O6/c1-6-9-11-26(10-7-2)22(30)20-24-12-15(25)19(33-24)17(23(31)32-8-3)18(24)21(29)27(20)16(13-28)14(4)5/h7,14-20,28H,2,6,8-13H2,1,3-5H3/t15?,16-,17+,18-,19+,20+,24-/m0/s1. The Balaban J connectivity index is 2.11. The Hall–Kier alpha value is -1.45. The van der Waals surface area contributed by atoms with E-state index in [0.717, 1.165) is 12.8 Å². The number of carbonyl (C=O) groups is 3. The minimum atomic E-state index is -1.14. The quantitative estimate of drug-likeness (QED) is 0.250. The van der Waals surface area contributed by atoms with Crippen molar-refractivity contribution in [3.8, 4) is 0 Å². The molecule has 0 aliphatic carbocycles. The number of ether oxygens (including phenoxy) is 2. The molecule has 3 aliphatic heterocycles. The molecule has 3 heterocycles. The first kappa shape index (κ1) is 26.2. The maximum atomic E-state index is 14.1. The predicted molar refractivity (Wildman–Crippen MR) is 127 cm³/mol. The number of rotatable bonds is 11. The summed E-state index contributed by atoms with van der Waals surface area (Å²) < 4.78 is 11.8. The van der Waals surface area contributed by atoms with Crippen LogP contribution in [0.3, 0.4) is 0 Å². The highest BCUT2D eigenvalue weighted by Gasteiger charge is 2.77. The van der Waals surface area contributed by atoms with Crippen molar-refractivity contribution in [2.24, 2.45) is 17.8 Å². The molecular weight excluding hydrogens is 492 g/mol. The van der Waals surface area contributed by atoms with Crippen molar-refractivity contribution in [3.05, 3.63) is 12.7 Å². The van der Waals surface area contributed by atoms with E-state index < -0.39 is 41.6 Å². The van der Waals surface area contributed by atoms with Crippen molar-refractivity contribution in [2.45, 2.75) is 75.6 Å². The van der Waals surface area contributed by atoms with Crippen LogP contribution in [0.2, 0.25) is 0 Å². The maximum Gasteiger partial charge on any atom is 0.312 e. The number of amides is 2. The number of alkyl halides is 1. The second-order valence-corrected chi connectivity index (χ2v) is 10.8. The van der Waals surface area contributed by atoms with E-state index >= 15 is 0 Å². The largest absolute Gasteiger partial charge is 0.466 e. The van der Waals surface area contributed by atoms with Gasteiger partial charge in [0.1, 0.15) is 11.6 Å². The van der Waals surface area contributed by atoms with Crippen LogP contribution in [-0.4, -0.2) is 87.6 Å². The van der Waals surface area contributed by atoms with E-state index in [1.165, 1.54) is 4.90 Å². The molecule has 2 amide bonds. The second-order valence-electron chi connectivity index (χ2n) is 9.58. The number of likely N-dealkylation sites (tertiary alicyclic amines) is 1. The molecule has 3 fully saturated rings. The Morgan fingerprint density at radius 2 is 2.12 bits per heavy atom. The minimum Gasteiger partial charge on any atom is -0.466 e. The number of aliphatic hydroxyl groups is 1. The van der Waals surface area contributed by atoms with Crippen LogP contribution in [0, 0.1) is 17.8 Å². The topological polar surface area (TPSA) is 96.4 Å². The molecule has 2 bridgehead atoms. The summed E-state index contributed by atoms with van der Waals surface area (Å²) in [4.78, 5) is 44.0. The summed E-state index contributed by atoms with van der Waals surface area (Å²) in [7, 11) is 0. The first-order chi connectivity index (χ1) is 15.7. The summed E-state index contributed by atoms with van der Waals surface area (Å²) in [6, 6.07) is -1.49. The van der Waals surface area contributed by atoms with Gasteiger partial charge < -0.3 is 24.4 Å². The third-order valence-corrected chi connectivity index (χ3v) is 8.12. The van der Waals surface area contributed by atoms with Crippen LogP contribution in [0.25, 0.3) is 0 Å². The van der Waals surface area contributed by atoms with Crippen molar-refractivity contribution in [3.63, 3.8) is 0 Å². The third-order valence-electron chi connectivity index (χ3n) is 7.28. The molecule has 1 N–H and O–H groups in total. The van der Waals surface area contributed by atoms with E-state index in [9.17, 15) is 19.5 Å². The van der Waals surface area contributed by atoms with Crippen molar-refractivity contribution in [1.82, 2.24) is 9.80 Å². The third kappa shape index (κ3) is 4.25. The molecule has 1 spiro atoms. The van der Waals surface area contributed by atoms with E-state index in [1.807, 2.05) is 13.8 Å². The number of unbranched alkanes of at least 4 members (excludes halogenated alkanes) is 1. The number of hydrogen-bond acceptors (Lipinski definition) is 6. The predicted octanol–water partition coefficient (Wildman–Crippen LogP) is 2.13. The number of aliphatic hydroxyl groups excluding tert-OH is 1. The molecule has 0 aromatic heterocycles. The molecule has 7 atom stereocenters. The molecule has 0 radical (unpaired) electrons. The summed E-state index contributed by atoms with van der Waals surface area (Å²) in [5, 5.41) is 10.2. The highest BCUT2D eigenvalue weighted by molar-refractivity contribution is 9.09. The van der Waals surface area contributed by atoms with Gasteiger partial charge >= 0.3 is 5.97 Å². The second kappa shape index (κ2) is 10.4. The monoisotopic (exact) mass is 528 g/mol. The number of fused-ring (bicyclic) bond motifs is 1. The van der Waals surface area contributed by atoms with Crippen molar-refractivity contribution in [2.75, 3.05) is 26.3 Å². The molecule has 33 heavy (non-hydrogen) atoms. The summed E-state index contributed by atoms with van der Waals surface area (Å²) in [5.74, 6) is -2.69. The molecule has 0 aromatic carbocycles. The Morgan fingerprint density at radius 3 is 2.67 bits per heavy atom. The molecule has 8 nitrogen and oxygen atoms in total. The number of halogens is 1. The van der Waals surface area contributed by atoms with Gasteiger partial charge in [-0.25, -0.2) is 0 Å². The van der Waals surface area contributed by atoms with Crippen LogP contribution in [0.4, 0.5) is 0 Å². The van der Waals surface area contributed by atoms with Gasteiger partial charge in [-0.2, -0.15) is 0 Å². The number of carbonyl (C=O) groups excluding carboxylic acids is 3. The number of esters is 1. The van der Waals surface area contributed by atoms with Crippen LogP contribution in [0.15, 0.2) is 12.7 Å². The molecule has 0 saturated carbocycles. The lowest BCUT2D eigenvalue weighted by Crippen LogP contribution is -2.60. The van der Waals surface area contributed by atoms with E-state index in [1.54, 1.807) is 17.9 Å². The smallest absolute Gasteiger partial charge is 0.312 e. The van der Waals surface area contributed by atoms with Gasteiger partial charge in [0.25, 0.3) is 0 Å². The highest BCUT2D eigenvalue weighted by atomic mass is 79.9. The molecular formula is C24H37BrN2O6. The fourth-order valence-corrected chi connectivity index (χ4v) is 6.74. The average molecular weight is 529 g/mol. The van der Waals surface area contributed by atoms with E-state index in [4.69, 9.17) is 9.47 Å². The first-order valence-corrected chi connectivity index (χ1v) is 12.9. The highest BCUT2D eigenvalue weighted by Crippen LogP contribution is 2.60. The molecule has 9 heteroatoms. The summed E-state index contributed by atoms with van der Waals surface area (Å²) in [5.41, 5.74) is -1.14. The Morgan fingerprint density at radius 1 is 1.42 bits per heavy atom. The van der Waals surface area contributed by atoms with Crippen molar-refractivity contribution in [1.29, 1.82) is 0 Å². The van der Waals surface area contributed by atoms with E-state index in [0.29, 0.717) is 19.5 Å². The van der Waals surface area contributed by atoms with E-state index in [2.05, 4.69) is 29.4 Å². The molecule has 3 rings (SSSR count). The number of hydrogen-bond donors (Lipinski definition) is 1. The molecule has 3 aliphatic rings. The van der Waals surface area contributed by atoms with Gasteiger partial charge in [-0.15, -0.1) is 6.58 Å². The summed E-state index contributed by atoms with van der Waals surface area (Å²) >= 11 is 3.64. The maximum absolute atomic E-state index is 14.1. The fraction of sp³-hybridized carbons (Fsp3) is 0.792. The zero-order valence-corrected chi connectivity index (χ0v) is 21.6. The van der Waals surface area contributed by atoms with Crippen molar-refractivity contribution >= 4 is 33.7 Å². The average Bonchev–Trinajstić information content (AvgIpc) is 3.35. The SMILES string of the molecule is C=CCN(CCCC)C(=O)[C@H]1N([C@@H](CO)C(C)C)C(=O)[C@@H]2[C@@H](C(=O)OCC)[C@@H]3O[C@@]21CC3Br. The van der Waals surface area contributed by atoms with Crippen LogP contribution >= 0.6 is 15.9 Å². The summed E-state index contributed by atoms with van der Waals surface area (Å²) in [6.45, 7) is 12.2. The summed E-state index contributed by atoms with van der Waals surface area (Å²) in [6.07, 6.45) is 3.31. The normalized spacial score (nSPS) is 33.4. The van der Waals surface area contributed by atoms with Crippen LogP contribution in [0.5, 0.6) is 0 Å². The molecule has 0 aromatic rings. The van der Waals surface area contributed by atoms with Gasteiger partial charge in [0.15, 0.2) is 0 Å². The Bertz CT molecular complexity index is 776. The Kier molecular flexibility index (Phi) is 8.28. The lowest BCUT2D eigenvalue weighted by molar-refractivity contribution is -0.156. The van der Waals surface area contributed by atoms with E-state index in [-0.39, 0.29) is 35.8 Å². The van der Waals surface area contributed by atoms with Gasteiger partial charge in [0.2, 0.25) is 11.8 Å². The zero-order chi connectivity index (χ0) is 24.5. The van der Waals surface area contributed by atoms with Gasteiger partial charge in [-0.05, 0) is 25.7 Å². The van der Waals surface area contributed by atoms with Crippen LogP contribution in [-0.2, 0) is 23.9 Å². The Labute approximate surface area is 204 Å². The van der Waals surface area contributed by atoms with Gasteiger partial charge in [-0.1, -0.05) is 49.2 Å². The fourth-order valence-electron chi connectivity index (χ4n) is 5.80. The van der Waals surface area contributed by atoms with Gasteiger partial charge in [0.05, 0.1) is 37.2 Å². The van der Waals surface area contributed by atoms with Gasteiger partial charge in [0, 0.05) is 17.9 Å². The minimum absolute atomic E-state index is 0.0917. The molecule has 186 valence electrons. The zero-order valence-electron chi connectivity index (χ0n) is 20.0. The van der Waals surface area contributed by atoms with Crippen LogP contribution in [0.1, 0.15) is 47.0 Å². The first-order valence-electron chi connectivity index (χ1n) is 12.0. The number of nitrogens with zero attached hydrogens (tertiary/aromatic N) is 2. The lowest BCUT2D eigenvalue weighted by atomic mass is 9.70.